The van der Waals surface area contributed by atoms with E-state index in [0.29, 0.717) is 0 Å². The van der Waals surface area contributed by atoms with Gasteiger partial charge in [-0.1, -0.05) is 34.8 Å². The van der Waals surface area contributed by atoms with Gasteiger partial charge in [0.1, 0.15) is 16.7 Å². The Morgan fingerprint density at radius 2 is 1.74 bits per heavy atom. The van der Waals surface area contributed by atoms with Crippen LogP contribution in [0.2, 0.25) is 15.1 Å². The fourth-order valence-electron chi connectivity index (χ4n) is 1.62. The van der Waals surface area contributed by atoms with Gasteiger partial charge in [0.25, 0.3) is 0 Å². The van der Waals surface area contributed by atoms with E-state index >= 15 is 0 Å². The van der Waals surface area contributed by atoms with Crippen LogP contribution in [0.1, 0.15) is 5.69 Å². The van der Waals surface area contributed by atoms with Crippen molar-refractivity contribution in [2.45, 2.75) is 8.81 Å². The fourth-order valence-corrected chi connectivity index (χ4v) is 3.94. The summed E-state index contributed by atoms with van der Waals surface area (Å²) >= 11 is 27.8. The Morgan fingerprint density at radius 3 is 2.17 bits per heavy atom. The number of nitriles is 1. The van der Waals surface area contributed by atoms with Gasteiger partial charge in [-0.3, -0.25) is 0 Å². The first-order chi connectivity index (χ1) is 10.5. The first-order valence-electron chi connectivity index (χ1n) is 5.45. The van der Waals surface area contributed by atoms with Crippen LogP contribution in [-0.2, 0) is 9.84 Å². The number of hydrogen-bond acceptors (Lipinski definition) is 4. The van der Waals surface area contributed by atoms with Gasteiger partial charge in [-0.2, -0.15) is 14.8 Å². The van der Waals surface area contributed by atoms with E-state index in [9.17, 15) is 12.8 Å². The third-order valence-electron chi connectivity index (χ3n) is 2.59. The smallest absolute Gasteiger partial charge is 0.235 e. The summed E-state index contributed by atoms with van der Waals surface area (Å²) in [6.45, 7) is 0. The van der Waals surface area contributed by atoms with Crippen molar-refractivity contribution < 1.29 is 12.8 Å². The minimum atomic E-state index is -4.89. The SMILES string of the molecule is N#Cc1nn(-c2c(Cl)cc(Cl)cc2Cl)cc1S(=O)(=O)C(F)(Cl)Cl. The van der Waals surface area contributed by atoms with Crippen molar-refractivity contribution in [1.29, 1.82) is 5.26 Å². The third kappa shape index (κ3) is 3.38. The van der Waals surface area contributed by atoms with E-state index in [2.05, 4.69) is 5.10 Å². The lowest BCUT2D eigenvalue weighted by molar-refractivity contribution is 0.469. The summed E-state index contributed by atoms with van der Waals surface area (Å²) in [6.07, 6.45) is 0.827. The molecular formula is C11H3Cl5FN3O2S. The fraction of sp³-hybridized carbons (Fsp3) is 0.0909. The van der Waals surface area contributed by atoms with Gasteiger partial charge in [-0.05, 0) is 35.3 Å². The Morgan fingerprint density at radius 1 is 1.22 bits per heavy atom. The highest BCUT2D eigenvalue weighted by molar-refractivity contribution is 7.95. The third-order valence-corrected chi connectivity index (χ3v) is 6.09. The number of halogens is 6. The van der Waals surface area contributed by atoms with Gasteiger partial charge in [0.2, 0.25) is 9.84 Å². The van der Waals surface area contributed by atoms with Gasteiger partial charge in [0.05, 0.1) is 16.2 Å². The van der Waals surface area contributed by atoms with Crippen LogP contribution in [-0.4, -0.2) is 22.1 Å². The molecule has 0 atom stereocenters. The summed E-state index contributed by atoms with van der Waals surface area (Å²) in [4.78, 5) is -0.811. The maximum atomic E-state index is 13.5. The molecule has 1 heterocycles. The van der Waals surface area contributed by atoms with Gasteiger partial charge in [0, 0.05) is 5.02 Å². The lowest BCUT2D eigenvalue weighted by Gasteiger charge is -2.09. The van der Waals surface area contributed by atoms with E-state index in [1.165, 1.54) is 18.2 Å². The largest absolute Gasteiger partial charge is 0.362 e. The predicted molar refractivity (Wildman–Crippen MR) is 86.0 cm³/mol. The summed E-state index contributed by atoms with van der Waals surface area (Å²) in [6, 6.07) is 4.16. The number of rotatable bonds is 3. The first kappa shape index (κ1) is 18.6. The summed E-state index contributed by atoms with van der Waals surface area (Å²) in [5, 5.41) is 13.0. The van der Waals surface area contributed by atoms with E-state index in [0.717, 1.165) is 10.9 Å². The van der Waals surface area contributed by atoms with Gasteiger partial charge in [-0.15, -0.1) is 0 Å². The molecule has 12 heteroatoms. The summed E-state index contributed by atoms with van der Waals surface area (Å²) in [5.41, 5.74) is -0.584. The summed E-state index contributed by atoms with van der Waals surface area (Å²) in [7, 11) is -4.89. The van der Waals surface area contributed by atoms with Crippen LogP contribution < -0.4 is 0 Å². The molecule has 0 unspecified atom stereocenters. The van der Waals surface area contributed by atoms with Crippen LogP contribution in [0.25, 0.3) is 5.69 Å². The highest BCUT2D eigenvalue weighted by Crippen LogP contribution is 2.38. The van der Waals surface area contributed by atoms with Crippen molar-refractivity contribution >= 4 is 67.8 Å². The van der Waals surface area contributed by atoms with Crippen LogP contribution in [0.3, 0.4) is 0 Å². The predicted octanol–water partition coefficient (Wildman–Crippen LogP) is 4.54. The Bertz CT molecular complexity index is 907. The highest BCUT2D eigenvalue weighted by Gasteiger charge is 2.44. The number of alkyl halides is 3. The number of nitrogens with zero attached hydrogens (tertiary/aromatic N) is 3. The lowest BCUT2D eigenvalue weighted by atomic mass is 10.3. The normalized spacial score (nSPS) is 12.2. The molecule has 0 fully saturated rings. The molecule has 0 aliphatic carbocycles. The topological polar surface area (TPSA) is 75.8 Å². The first-order valence-corrected chi connectivity index (χ1v) is 8.82. The zero-order chi connectivity index (χ0) is 17.6. The molecule has 5 nitrogen and oxygen atoms in total. The Hall–Kier alpha value is -0.750. The monoisotopic (exact) mass is 435 g/mol. The standard InChI is InChI=1S/C11H3Cl5FN3O2S/c12-5-1-6(13)10(7(14)2-5)20-4-9(8(3-18)19-20)23(21,22)11(15,16)17/h1-2,4H. The van der Waals surface area contributed by atoms with Crippen LogP contribution in [0.4, 0.5) is 4.39 Å². The second kappa shape index (κ2) is 6.28. The molecule has 0 N–H and O–H groups in total. The van der Waals surface area contributed by atoms with Crippen molar-refractivity contribution in [1.82, 2.24) is 9.78 Å². The van der Waals surface area contributed by atoms with Crippen LogP contribution >= 0.6 is 58.0 Å². The summed E-state index contributed by atoms with van der Waals surface area (Å²) < 4.78 is 34.7. The molecular weight excluding hydrogens is 434 g/mol. The molecule has 122 valence electrons. The quantitative estimate of drug-likeness (QED) is 0.661. The molecule has 0 saturated carbocycles. The molecule has 23 heavy (non-hydrogen) atoms. The Balaban J connectivity index is 2.75. The zero-order valence-electron chi connectivity index (χ0n) is 10.6. The van der Waals surface area contributed by atoms with E-state index in [1.807, 2.05) is 0 Å². The summed E-state index contributed by atoms with van der Waals surface area (Å²) in [5.74, 6) is 0. The molecule has 0 bridgehead atoms. The number of hydrogen-bond donors (Lipinski definition) is 0. The van der Waals surface area contributed by atoms with Crippen LogP contribution in [0.15, 0.2) is 23.2 Å². The van der Waals surface area contributed by atoms with E-state index in [-0.39, 0.29) is 20.8 Å². The second-order valence-corrected chi connectivity index (χ2v) is 9.01. The molecule has 0 spiro atoms. The molecule has 0 aliphatic heterocycles. The number of benzene rings is 1. The van der Waals surface area contributed by atoms with Crippen molar-refractivity contribution in [3.63, 3.8) is 0 Å². The van der Waals surface area contributed by atoms with Crippen molar-refractivity contribution in [3.8, 4) is 11.8 Å². The van der Waals surface area contributed by atoms with Gasteiger partial charge >= 0.3 is 3.92 Å². The maximum Gasteiger partial charge on any atom is 0.362 e. The molecule has 0 saturated heterocycles. The molecule has 0 radical (unpaired) electrons. The Kier molecular flexibility index (Phi) is 5.07. The van der Waals surface area contributed by atoms with Crippen molar-refractivity contribution in [3.05, 3.63) is 39.1 Å². The average Bonchev–Trinajstić information content (AvgIpc) is 2.80. The minimum Gasteiger partial charge on any atom is -0.235 e. The zero-order valence-corrected chi connectivity index (χ0v) is 15.2. The Labute approximate surface area is 155 Å². The molecule has 1 aromatic carbocycles. The second-order valence-electron chi connectivity index (χ2n) is 4.07. The molecule has 2 rings (SSSR count). The van der Waals surface area contributed by atoms with Crippen LogP contribution in [0.5, 0.6) is 0 Å². The van der Waals surface area contributed by atoms with Crippen LogP contribution in [0, 0.1) is 11.3 Å². The van der Waals surface area contributed by atoms with Gasteiger partial charge in [0.15, 0.2) is 5.69 Å². The molecule has 1 aromatic heterocycles. The molecule has 0 aliphatic rings. The van der Waals surface area contributed by atoms with Crippen molar-refractivity contribution in [2.24, 2.45) is 0 Å². The van der Waals surface area contributed by atoms with E-state index in [1.54, 1.807) is 0 Å². The average molecular weight is 437 g/mol. The van der Waals surface area contributed by atoms with Gasteiger partial charge < -0.3 is 0 Å². The van der Waals surface area contributed by atoms with Gasteiger partial charge in [-0.25, -0.2) is 13.1 Å². The number of aromatic nitrogens is 2. The lowest BCUT2D eigenvalue weighted by Crippen LogP contribution is -2.21. The molecule has 2 aromatic rings. The number of sulfone groups is 1. The minimum absolute atomic E-state index is 0.0293. The van der Waals surface area contributed by atoms with E-state index < -0.39 is 24.3 Å². The van der Waals surface area contributed by atoms with Crippen molar-refractivity contribution in [2.75, 3.05) is 0 Å². The molecule has 0 amide bonds. The highest BCUT2D eigenvalue weighted by atomic mass is 35.5. The van der Waals surface area contributed by atoms with E-state index in [4.69, 9.17) is 63.3 Å². The maximum absolute atomic E-state index is 13.5.